The lowest BCUT2D eigenvalue weighted by atomic mass is 10.2. The second-order valence-corrected chi connectivity index (χ2v) is 10.6. The van der Waals surface area contributed by atoms with Gasteiger partial charge < -0.3 is 14.8 Å². The van der Waals surface area contributed by atoms with Gasteiger partial charge >= 0.3 is 5.97 Å². The Labute approximate surface area is 202 Å². The Balaban J connectivity index is 1.60. The van der Waals surface area contributed by atoms with Crippen LogP contribution in [0.3, 0.4) is 0 Å². The average Bonchev–Trinajstić information content (AvgIpc) is 3.52. The molecule has 2 heterocycles. The van der Waals surface area contributed by atoms with Crippen molar-refractivity contribution in [3.8, 4) is 16.2 Å². The smallest absolute Gasteiger partial charge is 0.350 e. The first-order valence-electron chi connectivity index (χ1n) is 10.6. The monoisotopic (exact) mass is 500 g/mol. The van der Waals surface area contributed by atoms with Crippen LogP contribution in [-0.2, 0) is 19.6 Å². The number of amides is 1. The van der Waals surface area contributed by atoms with E-state index in [0.717, 1.165) is 10.4 Å². The van der Waals surface area contributed by atoms with Crippen LogP contribution in [0.5, 0.6) is 5.75 Å². The van der Waals surface area contributed by atoms with Crippen molar-refractivity contribution in [2.24, 2.45) is 0 Å². The molecule has 0 spiro atoms. The van der Waals surface area contributed by atoms with E-state index in [2.05, 4.69) is 5.32 Å². The van der Waals surface area contributed by atoms with Gasteiger partial charge in [-0.05, 0) is 48.7 Å². The minimum absolute atomic E-state index is 0.0881. The van der Waals surface area contributed by atoms with Crippen molar-refractivity contribution in [3.63, 3.8) is 0 Å². The zero-order valence-electron chi connectivity index (χ0n) is 18.7. The van der Waals surface area contributed by atoms with Crippen molar-refractivity contribution < 1.29 is 27.5 Å². The Morgan fingerprint density at radius 2 is 1.76 bits per heavy atom. The topological polar surface area (TPSA) is 102 Å². The molecule has 3 aromatic rings. The summed E-state index contributed by atoms with van der Waals surface area (Å²) in [5, 5.41) is 2.77. The van der Waals surface area contributed by atoms with Gasteiger partial charge in [-0.3, -0.25) is 4.79 Å². The number of esters is 1. The van der Waals surface area contributed by atoms with Gasteiger partial charge in [0.2, 0.25) is 15.9 Å². The molecule has 10 heteroatoms. The molecule has 1 atom stereocenters. The number of thiophene rings is 1. The fourth-order valence-electron chi connectivity index (χ4n) is 3.86. The zero-order valence-corrected chi connectivity index (χ0v) is 20.3. The van der Waals surface area contributed by atoms with Gasteiger partial charge in [-0.2, -0.15) is 4.31 Å². The summed E-state index contributed by atoms with van der Waals surface area (Å²) >= 11 is 1.20. The molecule has 1 saturated heterocycles. The van der Waals surface area contributed by atoms with Crippen molar-refractivity contribution in [2.45, 2.75) is 23.8 Å². The third-order valence-electron chi connectivity index (χ3n) is 5.59. The summed E-state index contributed by atoms with van der Waals surface area (Å²) in [6.07, 6.45) is 0.931. The number of carbonyl (C=O) groups is 2. The molecule has 0 bridgehead atoms. The molecule has 1 fully saturated rings. The van der Waals surface area contributed by atoms with E-state index in [4.69, 9.17) is 9.47 Å². The summed E-state index contributed by atoms with van der Waals surface area (Å²) < 4.78 is 37.7. The minimum Gasteiger partial charge on any atom is -0.497 e. The van der Waals surface area contributed by atoms with Crippen molar-refractivity contribution >= 4 is 38.9 Å². The molecule has 1 amide bonds. The number of anilines is 1. The van der Waals surface area contributed by atoms with Gasteiger partial charge in [0.25, 0.3) is 0 Å². The minimum atomic E-state index is -3.89. The lowest BCUT2D eigenvalue weighted by molar-refractivity contribution is -0.119. The normalized spacial score (nSPS) is 16.2. The first kappa shape index (κ1) is 23.9. The summed E-state index contributed by atoms with van der Waals surface area (Å²) in [4.78, 5) is 26.7. The van der Waals surface area contributed by atoms with E-state index in [1.807, 2.05) is 30.3 Å². The van der Waals surface area contributed by atoms with Crippen LogP contribution in [0.25, 0.3) is 10.4 Å². The van der Waals surface area contributed by atoms with Gasteiger partial charge in [0.15, 0.2) is 0 Å². The molecular formula is C24H24N2O6S2. The van der Waals surface area contributed by atoms with Gasteiger partial charge in [-0.25, -0.2) is 13.2 Å². The van der Waals surface area contributed by atoms with Gasteiger partial charge in [-0.1, -0.05) is 30.3 Å². The summed E-state index contributed by atoms with van der Waals surface area (Å²) in [5.74, 6) is -0.523. The third-order valence-corrected chi connectivity index (χ3v) is 8.68. The lowest BCUT2D eigenvalue weighted by Gasteiger charge is -2.23. The summed E-state index contributed by atoms with van der Waals surface area (Å²) in [6, 6.07) is 16.3. The second-order valence-electron chi connectivity index (χ2n) is 7.65. The van der Waals surface area contributed by atoms with Gasteiger partial charge in [0.1, 0.15) is 16.7 Å². The van der Waals surface area contributed by atoms with Crippen LogP contribution in [0.15, 0.2) is 65.6 Å². The molecule has 2 aromatic carbocycles. The average molecular weight is 501 g/mol. The van der Waals surface area contributed by atoms with Crippen LogP contribution in [0.4, 0.5) is 5.69 Å². The van der Waals surface area contributed by atoms with Gasteiger partial charge in [-0.15, -0.1) is 11.3 Å². The van der Waals surface area contributed by atoms with Gasteiger partial charge in [0.05, 0.1) is 24.8 Å². The standard InChI is InChI=1S/C24H24N2O6S2/c1-31-17-10-12-18(13-11-17)34(29,30)26-14-6-9-20(26)23(27)25-19-15-21(16-7-4-3-5-8-16)33-22(19)24(28)32-2/h3-5,7-8,10-13,15,20H,6,9,14H2,1-2H3,(H,25,27). The van der Waals surface area contributed by atoms with Crippen molar-refractivity contribution in [1.29, 1.82) is 0 Å². The van der Waals surface area contributed by atoms with E-state index in [0.29, 0.717) is 24.3 Å². The van der Waals surface area contributed by atoms with Crippen LogP contribution in [0, 0.1) is 0 Å². The summed E-state index contributed by atoms with van der Waals surface area (Å²) in [6.45, 7) is 0.231. The van der Waals surface area contributed by atoms with Gasteiger partial charge in [0, 0.05) is 11.4 Å². The number of hydrogen-bond donors (Lipinski definition) is 1. The maximum atomic E-state index is 13.2. The van der Waals surface area contributed by atoms with E-state index in [1.165, 1.54) is 42.0 Å². The lowest BCUT2D eigenvalue weighted by Crippen LogP contribution is -2.43. The quantitative estimate of drug-likeness (QED) is 0.492. The number of benzene rings is 2. The van der Waals surface area contributed by atoms with E-state index in [9.17, 15) is 18.0 Å². The fraction of sp³-hybridized carbons (Fsp3) is 0.250. The highest BCUT2D eigenvalue weighted by Gasteiger charge is 2.40. The highest BCUT2D eigenvalue weighted by Crippen LogP contribution is 2.36. The fourth-order valence-corrected chi connectivity index (χ4v) is 6.56. The second kappa shape index (κ2) is 9.96. The summed E-state index contributed by atoms with van der Waals surface area (Å²) in [7, 11) is -1.12. The highest BCUT2D eigenvalue weighted by atomic mass is 32.2. The molecule has 1 aliphatic heterocycles. The Morgan fingerprint density at radius 1 is 1.06 bits per heavy atom. The predicted molar refractivity (Wildman–Crippen MR) is 130 cm³/mol. The molecule has 0 saturated carbocycles. The van der Waals surface area contributed by atoms with E-state index in [-0.39, 0.29) is 16.3 Å². The third kappa shape index (κ3) is 4.70. The molecule has 0 radical (unpaired) electrons. The predicted octanol–water partition coefficient (Wildman–Crippen LogP) is 4.00. The Morgan fingerprint density at radius 3 is 2.41 bits per heavy atom. The van der Waals surface area contributed by atoms with Crippen molar-refractivity contribution in [1.82, 2.24) is 4.31 Å². The van der Waals surface area contributed by atoms with Crippen LogP contribution < -0.4 is 10.1 Å². The number of rotatable bonds is 7. The molecule has 1 aliphatic rings. The highest BCUT2D eigenvalue weighted by molar-refractivity contribution is 7.89. The molecule has 178 valence electrons. The Bertz CT molecular complexity index is 1290. The largest absolute Gasteiger partial charge is 0.497 e. The SMILES string of the molecule is COC(=O)c1sc(-c2ccccc2)cc1NC(=O)C1CCCN1S(=O)(=O)c1ccc(OC)cc1. The number of nitrogens with one attached hydrogen (secondary N) is 1. The van der Waals surface area contributed by atoms with Crippen molar-refractivity contribution in [2.75, 3.05) is 26.1 Å². The molecule has 1 unspecified atom stereocenters. The maximum absolute atomic E-state index is 13.2. The van der Waals surface area contributed by atoms with Crippen LogP contribution in [-0.4, -0.2) is 51.4 Å². The molecule has 0 aliphatic carbocycles. The maximum Gasteiger partial charge on any atom is 0.350 e. The number of methoxy groups -OCH3 is 2. The number of nitrogens with zero attached hydrogens (tertiary/aromatic N) is 1. The molecule has 1 N–H and O–H groups in total. The van der Waals surface area contributed by atoms with E-state index >= 15 is 0 Å². The first-order valence-corrected chi connectivity index (χ1v) is 12.8. The molecular weight excluding hydrogens is 476 g/mol. The first-order chi connectivity index (χ1) is 16.3. The number of hydrogen-bond acceptors (Lipinski definition) is 7. The zero-order chi connectivity index (χ0) is 24.3. The van der Waals surface area contributed by atoms with Crippen LogP contribution in [0.1, 0.15) is 22.5 Å². The Hall–Kier alpha value is -3.21. The van der Waals surface area contributed by atoms with Crippen LogP contribution >= 0.6 is 11.3 Å². The number of ether oxygens (including phenoxy) is 2. The number of carbonyl (C=O) groups excluding carboxylic acids is 2. The van der Waals surface area contributed by atoms with Crippen LogP contribution in [0.2, 0.25) is 0 Å². The molecule has 34 heavy (non-hydrogen) atoms. The molecule has 8 nitrogen and oxygen atoms in total. The van der Waals surface area contributed by atoms with E-state index < -0.39 is 27.9 Å². The molecule has 1 aromatic heterocycles. The van der Waals surface area contributed by atoms with E-state index in [1.54, 1.807) is 18.2 Å². The summed E-state index contributed by atoms with van der Waals surface area (Å²) in [5.41, 5.74) is 1.19. The number of sulfonamides is 1. The van der Waals surface area contributed by atoms with Crippen molar-refractivity contribution in [3.05, 3.63) is 65.5 Å². The molecule has 4 rings (SSSR count). The Kier molecular flexibility index (Phi) is 7.01.